The molecule has 2 aromatic rings. The Balaban J connectivity index is 2.07. The Morgan fingerprint density at radius 2 is 2.22 bits per heavy atom. The molecule has 1 heterocycles. The van der Waals surface area contributed by atoms with Crippen LogP contribution in [-0.4, -0.2) is 14.9 Å². The number of nitro groups is 1. The molecule has 18 heavy (non-hydrogen) atoms. The third-order valence-electron chi connectivity index (χ3n) is 2.21. The zero-order valence-electron chi connectivity index (χ0n) is 9.31. The van der Waals surface area contributed by atoms with E-state index in [1.807, 2.05) is 0 Å². The fourth-order valence-corrected chi connectivity index (χ4v) is 2.14. The molecule has 0 fully saturated rings. The van der Waals surface area contributed by atoms with E-state index < -0.39 is 4.92 Å². The molecule has 0 saturated carbocycles. The summed E-state index contributed by atoms with van der Waals surface area (Å²) in [5.74, 6) is 0.640. The molecule has 0 aliphatic heterocycles. The lowest BCUT2D eigenvalue weighted by molar-refractivity contribution is -0.383. The van der Waals surface area contributed by atoms with Crippen LogP contribution in [-0.2, 0) is 5.75 Å². The maximum absolute atomic E-state index is 10.6. The Morgan fingerprint density at radius 3 is 2.83 bits per heavy atom. The van der Waals surface area contributed by atoms with Crippen molar-refractivity contribution in [1.82, 2.24) is 9.97 Å². The van der Waals surface area contributed by atoms with Gasteiger partial charge in [0, 0.05) is 24.2 Å². The average Bonchev–Trinajstić information content (AvgIpc) is 2.37. The highest BCUT2D eigenvalue weighted by atomic mass is 32.2. The van der Waals surface area contributed by atoms with Crippen LogP contribution in [0, 0.1) is 10.1 Å². The first-order chi connectivity index (χ1) is 8.66. The van der Waals surface area contributed by atoms with Crippen molar-refractivity contribution in [2.24, 2.45) is 0 Å². The number of nitrogens with two attached hydrogens (primary N) is 1. The minimum Gasteiger partial charge on any atom is -0.393 e. The van der Waals surface area contributed by atoms with Gasteiger partial charge >= 0.3 is 0 Å². The number of thioether (sulfide) groups is 1. The summed E-state index contributed by atoms with van der Waals surface area (Å²) in [4.78, 5) is 18.2. The van der Waals surface area contributed by atoms with Gasteiger partial charge in [-0.3, -0.25) is 15.1 Å². The third-order valence-corrected chi connectivity index (χ3v) is 3.20. The molecule has 2 N–H and O–H groups in total. The van der Waals surface area contributed by atoms with Gasteiger partial charge in [-0.05, 0) is 11.6 Å². The van der Waals surface area contributed by atoms with E-state index in [-0.39, 0.29) is 11.4 Å². The van der Waals surface area contributed by atoms with E-state index in [0.29, 0.717) is 5.75 Å². The number of rotatable bonds is 4. The summed E-state index contributed by atoms with van der Waals surface area (Å²) in [5.41, 5.74) is 6.63. The number of hydrogen-bond acceptors (Lipinski definition) is 6. The van der Waals surface area contributed by atoms with E-state index in [9.17, 15) is 10.1 Å². The molecular weight excluding hydrogens is 252 g/mol. The number of nitro benzene ring substituents is 1. The van der Waals surface area contributed by atoms with Crippen LogP contribution in [0.25, 0.3) is 0 Å². The van der Waals surface area contributed by atoms with Gasteiger partial charge < -0.3 is 5.73 Å². The lowest BCUT2D eigenvalue weighted by atomic mass is 10.2. The normalized spacial score (nSPS) is 10.2. The van der Waals surface area contributed by atoms with Crippen LogP contribution in [0.15, 0.2) is 41.8 Å². The van der Waals surface area contributed by atoms with Gasteiger partial charge in [0.05, 0.1) is 11.1 Å². The fraction of sp³-hybridized carbons (Fsp3) is 0.0909. The molecule has 0 saturated heterocycles. The molecule has 0 amide bonds. The van der Waals surface area contributed by atoms with Crippen LogP contribution in [0.1, 0.15) is 5.56 Å². The molecule has 0 spiro atoms. The zero-order chi connectivity index (χ0) is 13.0. The van der Waals surface area contributed by atoms with E-state index in [2.05, 4.69) is 9.97 Å². The van der Waals surface area contributed by atoms with Crippen molar-refractivity contribution in [3.05, 3.63) is 52.5 Å². The number of nitrogens with zero attached hydrogens (tertiary/aromatic N) is 3. The minimum absolute atomic E-state index is 0.0664. The number of aromatic nitrogens is 2. The molecule has 0 aliphatic rings. The first-order valence-electron chi connectivity index (χ1n) is 5.08. The molecule has 1 aromatic carbocycles. The molecular formula is C11H10N4O2S. The van der Waals surface area contributed by atoms with Gasteiger partial charge in [-0.2, -0.15) is 0 Å². The summed E-state index contributed by atoms with van der Waals surface area (Å²) >= 11 is 1.50. The smallest absolute Gasteiger partial charge is 0.292 e. The van der Waals surface area contributed by atoms with Crippen molar-refractivity contribution in [2.75, 3.05) is 5.73 Å². The highest BCUT2D eigenvalue weighted by Gasteiger charge is 2.11. The van der Waals surface area contributed by atoms with Crippen molar-refractivity contribution in [2.45, 2.75) is 10.8 Å². The predicted molar refractivity (Wildman–Crippen MR) is 69.1 cm³/mol. The van der Waals surface area contributed by atoms with Crippen LogP contribution >= 0.6 is 11.8 Å². The molecule has 0 radical (unpaired) electrons. The Labute approximate surface area is 107 Å². The number of nitrogen functional groups attached to an aromatic ring is 1. The predicted octanol–water partition coefficient (Wildman–Crippen LogP) is 2.26. The summed E-state index contributed by atoms with van der Waals surface area (Å²) in [7, 11) is 0. The molecule has 0 atom stereocenters. The molecule has 92 valence electrons. The average molecular weight is 262 g/mol. The van der Waals surface area contributed by atoms with Gasteiger partial charge in [0.25, 0.3) is 5.69 Å². The zero-order valence-corrected chi connectivity index (χ0v) is 10.1. The summed E-state index contributed by atoms with van der Waals surface area (Å²) in [5, 5.41) is 11.4. The Bertz CT molecular complexity index is 562. The van der Waals surface area contributed by atoms with Gasteiger partial charge in [-0.1, -0.05) is 6.07 Å². The van der Waals surface area contributed by atoms with Crippen LogP contribution in [0.4, 0.5) is 11.4 Å². The number of hydrogen-bond donors (Lipinski definition) is 1. The maximum Gasteiger partial charge on any atom is 0.292 e. The Kier molecular flexibility index (Phi) is 3.73. The standard InChI is InChI=1S/C11H10N4O2S/c12-9-5-8(1-2-10(9)15(16)17)7-18-11-6-13-3-4-14-11/h1-6H,7,12H2. The van der Waals surface area contributed by atoms with Gasteiger partial charge in [0.1, 0.15) is 10.7 Å². The van der Waals surface area contributed by atoms with E-state index in [4.69, 9.17) is 5.73 Å². The maximum atomic E-state index is 10.6. The Morgan fingerprint density at radius 1 is 1.39 bits per heavy atom. The molecule has 0 aliphatic carbocycles. The molecule has 2 rings (SSSR count). The lowest BCUT2D eigenvalue weighted by Crippen LogP contribution is -1.96. The van der Waals surface area contributed by atoms with E-state index >= 15 is 0 Å². The second-order valence-corrected chi connectivity index (χ2v) is 4.48. The molecule has 0 unspecified atom stereocenters. The fourth-order valence-electron chi connectivity index (χ4n) is 1.38. The monoisotopic (exact) mass is 262 g/mol. The van der Waals surface area contributed by atoms with Crippen molar-refractivity contribution < 1.29 is 4.92 Å². The van der Waals surface area contributed by atoms with E-state index in [0.717, 1.165) is 10.6 Å². The van der Waals surface area contributed by atoms with E-state index in [1.54, 1.807) is 30.7 Å². The molecule has 7 heteroatoms. The second-order valence-electron chi connectivity index (χ2n) is 3.48. The summed E-state index contributed by atoms with van der Waals surface area (Å²) in [6.07, 6.45) is 4.89. The van der Waals surface area contributed by atoms with Crippen molar-refractivity contribution >= 4 is 23.1 Å². The molecule has 1 aromatic heterocycles. The van der Waals surface area contributed by atoms with Crippen molar-refractivity contribution in [1.29, 1.82) is 0 Å². The quantitative estimate of drug-likeness (QED) is 0.393. The van der Waals surface area contributed by atoms with Crippen LogP contribution in [0.2, 0.25) is 0 Å². The highest BCUT2D eigenvalue weighted by Crippen LogP contribution is 2.26. The lowest BCUT2D eigenvalue weighted by Gasteiger charge is -2.02. The van der Waals surface area contributed by atoms with Gasteiger partial charge in [0.2, 0.25) is 0 Å². The summed E-state index contributed by atoms with van der Waals surface area (Å²) < 4.78 is 0. The van der Waals surface area contributed by atoms with E-state index in [1.165, 1.54) is 17.8 Å². The van der Waals surface area contributed by atoms with Gasteiger partial charge in [0.15, 0.2) is 0 Å². The highest BCUT2D eigenvalue weighted by molar-refractivity contribution is 7.98. The van der Waals surface area contributed by atoms with Crippen molar-refractivity contribution in [3.63, 3.8) is 0 Å². The van der Waals surface area contributed by atoms with Crippen LogP contribution < -0.4 is 5.73 Å². The van der Waals surface area contributed by atoms with Crippen LogP contribution in [0.3, 0.4) is 0 Å². The van der Waals surface area contributed by atoms with Crippen LogP contribution in [0.5, 0.6) is 0 Å². The third kappa shape index (κ3) is 2.95. The molecule has 0 bridgehead atoms. The minimum atomic E-state index is -0.491. The molecule has 6 nitrogen and oxygen atoms in total. The largest absolute Gasteiger partial charge is 0.393 e. The number of anilines is 1. The summed E-state index contributed by atoms with van der Waals surface area (Å²) in [6, 6.07) is 4.72. The SMILES string of the molecule is Nc1cc(CSc2cnccn2)ccc1[N+](=O)[O-]. The van der Waals surface area contributed by atoms with Gasteiger partial charge in [-0.25, -0.2) is 4.98 Å². The summed E-state index contributed by atoms with van der Waals surface area (Å²) in [6.45, 7) is 0. The topological polar surface area (TPSA) is 94.9 Å². The second kappa shape index (κ2) is 5.46. The van der Waals surface area contributed by atoms with Gasteiger partial charge in [-0.15, -0.1) is 11.8 Å². The Hall–Kier alpha value is -2.15. The first kappa shape index (κ1) is 12.3. The number of benzene rings is 1. The van der Waals surface area contributed by atoms with Crippen molar-refractivity contribution in [3.8, 4) is 0 Å². The first-order valence-corrected chi connectivity index (χ1v) is 6.07.